The van der Waals surface area contributed by atoms with E-state index in [1.807, 2.05) is 42.5 Å². The first-order chi connectivity index (χ1) is 14.5. The van der Waals surface area contributed by atoms with Crippen LogP contribution in [0.4, 0.5) is 11.4 Å². The number of para-hydroxylation sites is 1. The first-order valence-electron chi connectivity index (χ1n) is 8.86. The topological polar surface area (TPSA) is 97.4 Å². The number of carbonyl (C=O) groups excluding carboxylic acids is 3. The van der Waals surface area contributed by atoms with E-state index in [1.54, 1.807) is 6.07 Å². The van der Waals surface area contributed by atoms with E-state index in [1.165, 1.54) is 42.0 Å². The van der Waals surface area contributed by atoms with E-state index in [2.05, 4.69) is 20.4 Å². The summed E-state index contributed by atoms with van der Waals surface area (Å²) in [6.07, 6.45) is 0. The van der Waals surface area contributed by atoms with Crippen LogP contribution in [0.2, 0.25) is 0 Å². The molecule has 0 aliphatic rings. The molecular formula is C20H19N3O4S3. The summed E-state index contributed by atoms with van der Waals surface area (Å²) in [5, 5.41) is 5.61. The number of nitrogens with one attached hydrogen (secondary N) is 2. The number of nitrogens with zero attached hydrogens (tertiary/aromatic N) is 1. The number of aromatic nitrogens is 1. The summed E-state index contributed by atoms with van der Waals surface area (Å²) in [5.41, 5.74) is 2.20. The van der Waals surface area contributed by atoms with E-state index in [4.69, 9.17) is 0 Å². The molecule has 3 rings (SSSR count). The van der Waals surface area contributed by atoms with Gasteiger partial charge in [-0.25, -0.2) is 4.98 Å². The predicted molar refractivity (Wildman–Crippen MR) is 123 cm³/mol. The minimum Gasteiger partial charge on any atom is -0.468 e. The molecule has 0 fully saturated rings. The van der Waals surface area contributed by atoms with Crippen LogP contribution in [0.3, 0.4) is 0 Å². The van der Waals surface area contributed by atoms with E-state index in [9.17, 15) is 14.4 Å². The van der Waals surface area contributed by atoms with Crippen LogP contribution >= 0.6 is 34.9 Å². The lowest BCUT2D eigenvalue weighted by Gasteiger charge is -2.06. The predicted octanol–water partition coefficient (Wildman–Crippen LogP) is 3.87. The Morgan fingerprint density at radius 3 is 2.37 bits per heavy atom. The molecule has 10 heteroatoms. The summed E-state index contributed by atoms with van der Waals surface area (Å²) < 4.78 is 6.30. The Hall–Kier alpha value is -2.56. The normalized spacial score (nSPS) is 10.6. The molecular weight excluding hydrogens is 442 g/mol. The standard InChI is InChI=1S/C20H19N3O4S3/c1-27-19(26)12-29-20-23-15-8-7-14(9-16(15)30-20)22-18(25)11-28-10-17(24)21-13-5-3-2-4-6-13/h2-9H,10-12H2,1H3,(H,21,24)(H,22,25). The zero-order chi connectivity index (χ0) is 21.3. The third-order valence-electron chi connectivity index (χ3n) is 3.72. The fourth-order valence-corrected chi connectivity index (χ4v) is 4.93. The third-order valence-corrected chi connectivity index (χ3v) is 6.78. The Morgan fingerprint density at radius 2 is 1.67 bits per heavy atom. The highest BCUT2D eigenvalue weighted by atomic mass is 32.2. The van der Waals surface area contributed by atoms with Gasteiger partial charge < -0.3 is 15.4 Å². The molecule has 156 valence electrons. The van der Waals surface area contributed by atoms with Crippen molar-refractivity contribution < 1.29 is 19.1 Å². The number of esters is 1. The monoisotopic (exact) mass is 461 g/mol. The van der Waals surface area contributed by atoms with Gasteiger partial charge in [0.15, 0.2) is 4.34 Å². The number of amides is 2. The largest absolute Gasteiger partial charge is 0.468 e. The molecule has 1 heterocycles. The molecule has 0 atom stereocenters. The van der Waals surface area contributed by atoms with Crippen LogP contribution in [-0.4, -0.2) is 47.1 Å². The highest BCUT2D eigenvalue weighted by molar-refractivity contribution is 8.01. The summed E-state index contributed by atoms with van der Waals surface area (Å²) >= 11 is 4.01. The Balaban J connectivity index is 1.46. The lowest BCUT2D eigenvalue weighted by molar-refractivity contribution is -0.137. The second-order valence-electron chi connectivity index (χ2n) is 5.98. The molecule has 3 aromatic rings. The third kappa shape index (κ3) is 6.75. The Kier molecular flexibility index (Phi) is 8.12. The van der Waals surface area contributed by atoms with Gasteiger partial charge in [0.1, 0.15) is 0 Å². The van der Waals surface area contributed by atoms with Gasteiger partial charge in [-0.15, -0.1) is 23.1 Å². The summed E-state index contributed by atoms with van der Waals surface area (Å²) in [4.78, 5) is 39.8. The van der Waals surface area contributed by atoms with Crippen molar-refractivity contribution in [3.8, 4) is 0 Å². The second kappa shape index (κ2) is 11.0. The lowest BCUT2D eigenvalue weighted by Crippen LogP contribution is -2.18. The lowest BCUT2D eigenvalue weighted by atomic mass is 10.3. The van der Waals surface area contributed by atoms with Gasteiger partial charge in [0.25, 0.3) is 0 Å². The minimum atomic E-state index is -0.304. The second-order valence-corrected chi connectivity index (χ2v) is 9.22. The van der Waals surface area contributed by atoms with E-state index in [0.29, 0.717) is 5.69 Å². The van der Waals surface area contributed by atoms with Gasteiger partial charge >= 0.3 is 5.97 Å². The molecule has 2 aromatic carbocycles. The number of anilines is 2. The average Bonchev–Trinajstić information content (AvgIpc) is 3.15. The molecule has 0 aliphatic heterocycles. The number of methoxy groups -OCH3 is 1. The van der Waals surface area contributed by atoms with E-state index in [-0.39, 0.29) is 35.0 Å². The van der Waals surface area contributed by atoms with E-state index >= 15 is 0 Å². The number of benzene rings is 2. The number of fused-ring (bicyclic) bond motifs is 1. The van der Waals surface area contributed by atoms with E-state index < -0.39 is 0 Å². The Morgan fingerprint density at radius 1 is 0.967 bits per heavy atom. The zero-order valence-electron chi connectivity index (χ0n) is 16.0. The number of carbonyl (C=O) groups is 3. The molecule has 0 aliphatic carbocycles. The highest BCUT2D eigenvalue weighted by Gasteiger charge is 2.10. The van der Waals surface area contributed by atoms with Crippen LogP contribution in [-0.2, 0) is 19.1 Å². The molecule has 1 aromatic heterocycles. The Bertz CT molecular complexity index is 1040. The number of thioether (sulfide) groups is 2. The van der Waals surface area contributed by atoms with Crippen LogP contribution in [0.15, 0.2) is 52.9 Å². The van der Waals surface area contributed by atoms with Gasteiger partial charge in [-0.1, -0.05) is 30.0 Å². The van der Waals surface area contributed by atoms with Crippen LogP contribution in [0.1, 0.15) is 0 Å². The van der Waals surface area contributed by atoms with Crippen molar-refractivity contribution in [1.82, 2.24) is 4.98 Å². The maximum atomic E-state index is 12.2. The van der Waals surface area contributed by atoms with Gasteiger partial charge in [-0.05, 0) is 30.3 Å². The van der Waals surface area contributed by atoms with Crippen LogP contribution in [0.5, 0.6) is 0 Å². The number of hydrogen-bond donors (Lipinski definition) is 2. The van der Waals surface area contributed by atoms with Gasteiger partial charge in [0, 0.05) is 11.4 Å². The smallest absolute Gasteiger partial charge is 0.316 e. The van der Waals surface area contributed by atoms with Crippen molar-refractivity contribution in [2.24, 2.45) is 0 Å². The van der Waals surface area contributed by atoms with Gasteiger partial charge in [0.05, 0.1) is 34.6 Å². The summed E-state index contributed by atoms with van der Waals surface area (Å²) in [6.45, 7) is 0. The summed E-state index contributed by atoms with van der Waals surface area (Å²) in [6, 6.07) is 14.6. The first kappa shape index (κ1) is 22.1. The van der Waals surface area contributed by atoms with E-state index in [0.717, 1.165) is 20.2 Å². The Labute approximate surface area is 186 Å². The van der Waals surface area contributed by atoms with Crippen molar-refractivity contribution in [3.05, 3.63) is 48.5 Å². The minimum absolute atomic E-state index is 0.151. The quantitative estimate of drug-likeness (QED) is 0.369. The summed E-state index contributed by atoms with van der Waals surface area (Å²) in [5.74, 6) is -0.0735. The number of thiazole rings is 1. The van der Waals surface area contributed by atoms with Crippen LogP contribution < -0.4 is 10.6 Å². The van der Waals surface area contributed by atoms with Gasteiger partial charge in [0.2, 0.25) is 11.8 Å². The molecule has 0 spiro atoms. The van der Waals surface area contributed by atoms with Crippen molar-refractivity contribution in [2.45, 2.75) is 4.34 Å². The zero-order valence-corrected chi connectivity index (χ0v) is 18.5. The van der Waals surface area contributed by atoms with Gasteiger partial charge in [-0.3, -0.25) is 14.4 Å². The number of ether oxygens (including phenoxy) is 1. The number of hydrogen-bond acceptors (Lipinski definition) is 8. The molecule has 30 heavy (non-hydrogen) atoms. The molecule has 0 saturated heterocycles. The SMILES string of the molecule is COC(=O)CSc1nc2ccc(NC(=O)CSCC(=O)Nc3ccccc3)cc2s1. The molecule has 0 saturated carbocycles. The van der Waals surface area contributed by atoms with Gasteiger partial charge in [-0.2, -0.15) is 0 Å². The van der Waals surface area contributed by atoms with Crippen molar-refractivity contribution in [3.63, 3.8) is 0 Å². The molecule has 2 N–H and O–H groups in total. The highest BCUT2D eigenvalue weighted by Crippen LogP contribution is 2.31. The fraction of sp³-hybridized carbons (Fsp3) is 0.200. The number of rotatable bonds is 9. The molecule has 2 amide bonds. The molecule has 0 bridgehead atoms. The maximum absolute atomic E-state index is 12.2. The molecule has 0 unspecified atom stereocenters. The molecule has 0 radical (unpaired) electrons. The van der Waals surface area contributed by atoms with Crippen molar-refractivity contribution in [1.29, 1.82) is 0 Å². The summed E-state index contributed by atoms with van der Waals surface area (Å²) in [7, 11) is 1.35. The maximum Gasteiger partial charge on any atom is 0.316 e. The van der Waals surface area contributed by atoms with Crippen LogP contribution in [0.25, 0.3) is 10.2 Å². The molecule has 7 nitrogen and oxygen atoms in total. The first-order valence-corrected chi connectivity index (χ1v) is 11.8. The van der Waals surface area contributed by atoms with Crippen molar-refractivity contribution >= 4 is 74.2 Å². The fourth-order valence-electron chi connectivity index (χ4n) is 2.37. The van der Waals surface area contributed by atoms with Crippen LogP contribution in [0, 0.1) is 0 Å². The average molecular weight is 462 g/mol. The van der Waals surface area contributed by atoms with Crippen molar-refractivity contribution in [2.75, 3.05) is 35.0 Å².